The number of rotatable bonds is 3. The minimum absolute atomic E-state index is 0.434. The second kappa shape index (κ2) is 5.84. The molecule has 1 atom stereocenters. The minimum Gasteiger partial charge on any atom is -0.355 e. The molecule has 0 radical (unpaired) electrons. The standard InChI is InChI=1S/C19H27ClN4/c1-21-15-2-3-24(10-15)17-9-16(22-19(20)23-17)18-13-5-11-4-12(7-13)8-14(18)6-11/h9,11-15,18,21H,2-8,10H2,1H3/t11?,12?,13?,14?,15-,18?/m0/s1. The van der Waals surface area contributed by atoms with Gasteiger partial charge in [-0.25, -0.2) is 9.97 Å². The van der Waals surface area contributed by atoms with Gasteiger partial charge in [0.1, 0.15) is 5.82 Å². The van der Waals surface area contributed by atoms with Crippen molar-refractivity contribution in [3.63, 3.8) is 0 Å². The molecule has 1 aromatic rings. The van der Waals surface area contributed by atoms with E-state index in [4.69, 9.17) is 16.6 Å². The van der Waals surface area contributed by atoms with Gasteiger partial charge < -0.3 is 10.2 Å². The number of halogens is 1. The maximum absolute atomic E-state index is 6.35. The molecular weight excluding hydrogens is 320 g/mol. The summed E-state index contributed by atoms with van der Waals surface area (Å²) >= 11 is 6.35. The monoisotopic (exact) mass is 346 g/mol. The second-order valence-electron chi connectivity index (χ2n) is 8.60. The number of nitrogens with one attached hydrogen (secondary N) is 1. The van der Waals surface area contributed by atoms with Crippen LogP contribution < -0.4 is 10.2 Å². The summed E-state index contributed by atoms with van der Waals surface area (Å²) < 4.78 is 0. The summed E-state index contributed by atoms with van der Waals surface area (Å²) in [4.78, 5) is 11.6. The molecule has 4 nitrogen and oxygen atoms in total. The van der Waals surface area contributed by atoms with Crippen LogP contribution in [0.3, 0.4) is 0 Å². The second-order valence-corrected chi connectivity index (χ2v) is 8.93. The maximum Gasteiger partial charge on any atom is 0.224 e. The van der Waals surface area contributed by atoms with Crippen molar-refractivity contribution in [2.24, 2.45) is 23.7 Å². The molecule has 4 aliphatic carbocycles. The van der Waals surface area contributed by atoms with Gasteiger partial charge in [0.05, 0.1) is 5.69 Å². The first kappa shape index (κ1) is 15.4. The van der Waals surface area contributed by atoms with E-state index in [1.807, 2.05) is 7.05 Å². The molecule has 0 aromatic carbocycles. The highest BCUT2D eigenvalue weighted by molar-refractivity contribution is 6.28. The molecule has 6 rings (SSSR count). The number of hydrogen-bond donors (Lipinski definition) is 1. The molecule has 2 heterocycles. The van der Waals surface area contributed by atoms with Crippen LogP contribution in [-0.2, 0) is 0 Å². The Hall–Kier alpha value is -0.870. The Labute approximate surface area is 149 Å². The molecule has 130 valence electrons. The van der Waals surface area contributed by atoms with E-state index in [0.717, 1.165) is 42.6 Å². The Morgan fingerprint density at radius 1 is 1.08 bits per heavy atom. The third-order valence-corrected chi connectivity index (χ3v) is 7.36. The third-order valence-electron chi connectivity index (χ3n) is 7.19. The lowest BCUT2D eigenvalue weighted by atomic mass is 9.51. The van der Waals surface area contributed by atoms with Gasteiger partial charge in [0.15, 0.2) is 0 Å². The predicted octanol–water partition coefficient (Wildman–Crippen LogP) is 3.47. The van der Waals surface area contributed by atoms with Crippen molar-refractivity contribution in [1.82, 2.24) is 15.3 Å². The highest BCUT2D eigenvalue weighted by Gasteiger charge is 2.49. The Bertz CT molecular complexity index is 606. The maximum atomic E-state index is 6.35. The molecule has 1 aliphatic heterocycles. The van der Waals surface area contributed by atoms with Crippen molar-refractivity contribution < 1.29 is 0 Å². The lowest BCUT2D eigenvalue weighted by molar-refractivity contribution is -0.00416. The van der Waals surface area contributed by atoms with Crippen molar-refractivity contribution in [3.8, 4) is 0 Å². The van der Waals surface area contributed by atoms with Crippen LogP contribution in [0.25, 0.3) is 0 Å². The third kappa shape index (κ3) is 2.53. The zero-order chi connectivity index (χ0) is 16.3. The number of hydrogen-bond acceptors (Lipinski definition) is 4. The van der Waals surface area contributed by atoms with E-state index in [1.54, 1.807) is 0 Å². The smallest absolute Gasteiger partial charge is 0.224 e. The van der Waals surface area contributed by atoms with Gasteiger partial charge in [-0.1, -0.05) is 0 Å². The first-order valence-corrected chi connectivity index (χ1v) is 10.0. The summed E-state index contributed by atoms with van der Waals surface area (Å²) in [6.45, 7) is 2.07. The normalized spacial score (nSPS) is 40.5. The zero-order valence-corrected chi connectivity index (χ0v) is 15.2. The van der Waals surface area contributed by atoms with E-state index in [1.165, 1.54) is 44.2 Å². The highest BCUT2D eigenvalue weighted by Crippen LogP contribution is 2.59. The van der Waals surface area contributed by atoms with Crippen LogP contribution in [0.1, 0.15) is 50.1 Å². The van der Waals surface area contributed by atoms with Crippen LogP contribution >= 0.6 is 11.6 Å². The number of nitrogens with zero attached hydrogens (tertiary/aromatic N) is 3. The van der Waals surface area contributed by atoms with Crippen molar-refractivity contribution in [3.05, 3.63) is 17.0 Å². The lowest BCUT2D eigenvalue weighted by Crippen LogP contribution is -2.44. The van der Waals surface area contributed by atoms with E-state index in [2.05, 4.69) is 21.3 Å². The highest BCUT2D eigenvalue weighted by atomic mass is 35.5. The van der Waals surface area contributed by atoms with Gasteiger partial charge in [-0.3, -0.25) is 0 Å². The van der Waals surface area contributed by atoms with Crippen molar-refractivity contribution in [1.29, 1.82) is 0 Å². The number of likely N-dealkylation sites (N-methyl/N-ethyl adjacent to an activating group) is 1. The molecule has 4 bridgehead atoms. The molecule has 0 spiro atoms. The van der Waals surface area contributed by atoms with Gasteiger partial charge in [0.25, 0.3) is 0 Å². The Kier molecular flexibility index (Phi) is 3.75. The first-order chi connectivity index (χ1) is 11.7. The van der Waals surface area contributed by atoms with Gasteiger partial charge in [-0.15, -0.1) is 0 Å². The summed E-state index contributed by atoms with van der Waals surface area (Å²) in [7, 11) is 2.04. The van der Waals surface area contributed by atoms with Crippen LogP contribution in [0.2, 0.25) is 5.28 Å². The minimum atomic E-state index is 0.434. The molecule has 5 heteroatoms. The largest absolute Gasteiger partial charge is 0.355 e. The van der Waals surface area contributed by atoms with Crippen LogP contribution in [0, 0.1) is 23.7 Å². The van der Waals surface area contributed by atoms with Gasteiger partial charge >= 0.3 is 0 Å². The van der Waals surface area contributed by atoms with Gasteiger partial charge in [0.2, 0.25) is 5.28 Å². The fourth-order valence-electron chi connectivity index (χ4n) is 6.37. The Morgan fingerprint density at radius 3 is 2.42 bits per heavy atom. The summed E-state index contributed by atoms with van der Waals surface area (Å²) in [5.74, 6) is 5.33. The molecule has 0 amide bonds. The zero-order valence-electron chi connectivity index (χ0n) is 14.4. The van der Waals surface area contributed by atoms with Crippen molar-refractivity contribution in [2.75, 3.05) is 25.0 Å². The summed E-state index contributed by atoms with van der Waals surface area (Å²) in [6, 6.07) is 2.82. The summed E-state index contributed by atoms with van der Waals surface area (Å²) in [6.07, 6.45) is 8.33. The first-order valence-electron chi connectivity index (χ1n) is 9.66. The number of anilines is 1. The van der Waals surface area contributed by atoms with E-state index in [9.17, 15) is 0 Å². The SMILES string of the molecule is CN[C@H]1CCN(c2cc(C3C4CC5CC(C4)CC3C5)nc(Cl)n2)C1. The molecular formula is C19H27ClN4. The molecule has 1 N–H and O–H groups in total. The molecule has 4 saturated carbocycles. The quantitative estimate of drug-likeness (QED) is 0.851. The molecule has 1 aromatic heterocycles. The van der Waals surface area contributed by atoms with Crippen molar-refractivity contribution >= 4 is 17.4 Å². The van der Waals surface area contributed by atoms with Crippen LogP contribution in [0.5, 0.6) is 0 Å². The van der Waals surface area contributed by atoms with E-state index >= 15 is 0 Å². The van der Waals surface area contributed by atoms with Crippen molar-refractivity contribution in [2.45, 2.75) is 50.5 Å². The average molecular weight is 347 g/mol. The summed E-state index contributed by atoms with van der Waals surface area (Å²) in [5, 5.41) is 3.81. The topological polar surface area (TPSA) is 41.0 Å². The van der Waals surface area contributed by atoms with E-state index in [-0.39, 0.29) is 0 Å². The van der Waals surface area contributed by atoms with Gasteiger partial charge in [-0.05, 0) is 80.8 Å². The van der Waals surface area contributed by atoms with Crippen LogP contribution in [0.4, 0.5) is 5.82 Å². The average Bonchev–Trinajstić information content (AvgIpc) is 3.02. The molecule has 0 unspecified atom stereocenters. The molecule has 5 aliphatic rings. The van der Waals surface area contributed by atoms with Gasteiger partial charge in [-0.2, -0.15) is 0 Å². The molecule has 24 heavy (non-hydrogen) atoms. The van der Waals surface area contributed by atoms with Crippen LogP contribution in [0.15, 0.2) is 6.07 Å². The molecule has 5 fully saturated rings. The fraction of sp³-hybridized carbons (Fsp3) is 0.789. The molecule has 1 saturated heterocycles. The fourth-order valence-corrected chi connectivity index (χ4v) is 6.55. The van der Waals surface area contributed by atoms with Crippen LogP contribution in [-0.4, -0.2) is 36.1 Å². The predicted molar refractivity (Wildman–Crippen MR) is 96.5 cm³/mol. The number of aromatic nitrogens is 2. The Morgan fingerprint density at radius 2 is 1.79 bits per heavy atom. The van der Waals surface area contributed by atoms with E-state index < -0.39 is 0 Å². The van der Waals surface area contributed by atoms with E-state index in [0.29, 0.717) is 17.2 Å². The summed E-state index contributed by atoms with van der Waals surface area (Å²) in [5.41, 5.74) is 1.23. The lowest BCUT2D eigenvalue weighted by Gasteiger charge is -2.54. The Balaban J connectivity index is 1.44. The van der Waals surface area contributed by atoms with Gasteiger partial charge in [0, 0.05) is 31.1 Å².